The molecule has 0 N–H and O–H groups in total. The standard InChI is InChI=1S/C11H14N2O2/c1-3-5-14-10-7-13-11(15-8-10)9(4-2)6-12-13/h1,6,10H,4-5,7-8H2,2H3. The Morgan fingerprint density at radius 1 is 1.80 bits per heavy atom. The van der Waals surface area contributed by atoms with Gasteiger partial charge in [-0.1, -0.05) is 12.8 Å². The number of hydrogen-bond donors (Lipinski definition) is 0. The molecule has 1 aromatic heterocycles. The fourth-order valence-electron chi connectivity index (χ4n) is 1.64. The van der Waals surface area contributed by atoms with Gasteiger partial charge in [0.15, 0.2) is 0 Å². The summed E-state index contributed by atoms with van der Waals surface area (Å²) in [6.45, 7) is 3.69. The molecule has 1 aromatic rings. The van der Waals surface area contributed by atoms with Crippen LogP contribution in [0.2, 0.25) is 0 Å². The van der Waals surface area contributed by atoms with Gasteiger partial charge in [-0.05, 0) is 6.42 Å². The van der Waals surface area contributed by atoms with Crippen LogP contribution >= 0.6 is 0 Å². The van der Waals surface area contributed by atoms with Crippen molar-refractivity contribution in [3.8, 4) is 18.2 Å². The van der Waals surface area contributed by atoms with E-state index in [1.54, 1.807) is 0 Å². The first kappa shape index (κ1) is 10.1. The maximum absolute atomic E-state index is 5.60. The molecule has 0 saturated heterocycles. The minimum atomic E-state index is 0.0122. The van der Waals surface area contributed by atoms with Crippen LogP contribution < -0.4 is 4.74 Å². The van der Waals surface area contributed by atoms with Gasteiger partial charge < -0.3 is 9.47 Å². The van der Waals surface area contributed by atoms with E-state index in [2.05, 4.69) is 17.9 Å². The molecular weight excluding hydrogens is 192 g/mol. The van der Waals surface area contributed by atoms with Gasteiger partial charge in [0.05, 0.1) is 12.7 Å². The Balaban J connectivity index is 2.05. The fraction of sp³-hybridized carbons (Fsp3) is 0.545. The Kier molecular flexibility index (Phi) is 2.93. The first-order chi connectivity index (χ1) is 7.35. The summed E-state index contributed by atoms with van der Waals surface area (Å²) in [4.78, 5) is 0. The molecule has 4 heteroatoms. The highest BCUT2D eigenvalue weighted by molar-refractivity contribution is 5.25. The molecule has 2 heterocycles. The van der Waals surface area contributed by atoms with Crippen LogP contribution in [-0.2, 0) is 17.7 Å². The summed E-state index contributed by atoms with van der Waals surface area (Å²) in [5.41, 5.74) is 1.14. The highest BCUT2D eigenvalue weighted by Gasteiger charge is 2.22. The molecule has 0 saturated carbocycles. The van der Waals surface area contributed by atoms with Crippen LogP contribution in [-0.4, -0.2) is 29.1 Å². The molecule has 1 aliphatic rings. The van der Waals surface area contributed by atoms with Crippen molar-refractivity contribution in [3.63, 3.8) is 0 Å². The highest BCUT2D eigenvalue weighted by atomic mass is 16.5. The van der Waals surface area contributed by atoms with Crippen LogP contribution in [0.4, 0.5) is 0 Å². The number of rotatable bonds is 3. The van der Waals surface area contributed by atoms with Crippen molar-refractivity contribution >= 4 is 0 Å². The van der Waals surface area contributed by atoms with Crippen molar-refractivity contribution in [2.45, 2.75) is 26.0 Å². The molecule has 0 aromatic carbocycles. The van der Waals surface area contributed by atoms with E-state index in [4.69, 9.17) is 15.9 Å². The second-order valence-corrected chi connectivity index (χ2v) is 3.46. The summed E-state index contributed by atoms with van der Waals surface area (Å²) in [5, 5.41) is 4.25. The highest BCUT2D eigenvalue weighted by Crippen LogP contribution is 2.23. The zero-order valence-electron chi connectivity index (χ0n) is 8.77. The summed E-state index contributed by atoms with van der Waals surface area (Å²) >= 11 is 0. The molecule has 0 amide bonds. The number of aryl methyl sites for hydroxylation is 1. The quantitative estimate of drug-likeness (QED) is 0.688. The van der Waals surface area contributed by atoms with Crippen LogP contribution in [0.5, 0.6) is 5.88 Å². The van der Waals surface area contributed by atoms with E-state index in [-0.39, 0.29) is 6.10 Å². The number of terminal acetylenes is 1. The molecule has 0 aliphatic carbocycles. The van der Waals surface area contributed by atoms with Crippen LogP contribution in [0.15, 0.2) is 6.20 Å². The topological polar surface area (TPSA) is 36.3 Å². The summed E-state index contributed by atoms with van der Waals surface area (Å²) < 4.78 is 12.8. The molecule has 2 rings (SSSR count). The minimum Gasteiger partial charge on any atom is -0.475 e. The molecular formula is C11H14N2O2. The maximum Gasteiger partial charge on any atom is 0.215 e. The molecule has 0 bridgehead atoms. The van der Waals surface area contributed by atoms with E-state index in [1.807, 2.05) is 10.9 Å². The predicted molar refractivity (Wildman–Crippen MR) is 55.7 cm³/mol. The number of nitrogens with zero attached hydrogens (tertiary/aromatic N) is 2. The lowest BCUT2D eigenvalue weighted by Crippen LogP contribution is -2.33. The Morgan fingerprint density at radius 3 is 3.40 bits per heavy atom. The van der Waals surface area contributed by atoms with E-state index in [0.29, 0.717) is 13.2 Å². The Morgan fingerprint density at radius 2 is 2.67 bits per heavy atom. The Hall–Kier alpha value is -1.47. The summed E-state index contributed by atoms with van der Waals surface area (Å²) in [6.07, 6.45) is 7.92. The molecule has 80 valence electrons. The third-order valence-corrected chi connectivity index (χ3v) is 2.43. The predicted octanol–water partition coefficient (Wildman–Crippen LogP) is 0.856. The number of aromatic nitrogens is 2. The second-order valence-electron chi connectivity index (χ2n) is 3.46. The van der Waals surface area contributed by atoms with Gasteiger partial charge in [-0.25, -0.2) is 4.68 Å². The van der Waals surface area contributed by atoms with E-state index < -0.39 is 0 Å². The van der Waals surface area contributed by atoms with Gasteiger partial charge in [0, 0.05) is 5.56 Å². The first-order valence-corrected chi connectivity index (χ1v) is 5.07. The monoisotopic (exact) mass is 206 g/mol. The van der Waals surface area contributed by atoms with Gasteiger partial charge in [0.1, 0.15) is 19.3 Å². The van der Waals surface area contributed by atoms with Crippen LogP contribution in [0.3, 0.4) is 0 Å². The molecule has 4 nitrogen and oxygen atoms in total. The van der Waals surface area contributed by atoms with Crippen molar-refractivity contribution in [1.82, 2.24) is 9.78 Å². The van der Waals surface area contributed by atoms with E-state index in [1.165, 1.54) is 0 Å². The Bertz CT molecular complexity index is 378. The SMILES string of the molecule is C#CCOC1COc2c(CC)cnn2C1. The Labute approximate surface area is 89.2 Å². The summed E-state index contributed by atoms with van der Waals surface area (Å²) in [6, 6.07) is 0. The molecule has 1 aliphatic heterocycles. The van der Waals surface area contributed by atoms with Crippen molar-refractivity contribution < 1.29 is 9.47 Å². The lowest BCUT2D eigenvalue weighted by Gasteiger charge is -2.24. The van der Waals surface area contributed by atoms with Gasteiger partial charge in [0.25, 0.3) is 0 Å². The molecule has 1 atom stereocenters. The number of hydrogen-bond acceptors (Lipinski definition) is 3. The molecule has 0 spiro atoms. The summed E-state index contributed by atoms with van der Waals surface area (Å²) in [7, 11) is 0. The summed E-state index contributed by atoms with van der Waals surface area (Å²) in [5.74, 6) is 3.32. The van der Waals surface area contributed by atoms with Crippen LogP contribution in [0.25, 0.3) is 0 Å². The maximum atomic E-state index is 5.60. The van der Waals surface area contributed by atoms with E-state index in [9.17, 15) is 0 Å². The third-order valence-electron chi connectivity index (χ3n) is 2.43. The smallest absolute Gasteiger partial charge is 0.215 e. The number of fused-ring (bicyclic) bond motifs is 1. The van der Waals surface area contributed by atoms with Gasteiger partial charge in [-0.15, -0.1) is 6.42 Å². The average Bonchev–Trinajstić information content (AvgIpc) is 2.68. The lowest BCUT2D eigenvalue weighted by atomic mass is 10.2. The van der Waals surface area contributed by atoms with Gasteiger partial charge in [-0.3, -0.25) is 0 Å². The second kappa shape index (κ2) is 4.37. The van der Waals surface area contributed by atoms with Gasteiger partial charge >= 0.3 is 0 Å². The van der Waals surface area contributed by atoms with Gasteiger partial charge in [-0.2, -0.15) is 5.10 Å². The van der Waals surface area contributed by atoms with Crippen molar-refractivity contribution in [3.05, 3.63) is 11.8 Å². The van der Waals surface area contributed by atoms with E-state index >= 15 is 0 Å². The van der Waals surface area contributed by atoms with Crippen molar-refractivity contribution in [2.75, 3.05) is 13.2 Å². The lowest BCUT2D eigenvalue weighted by molar-refractivity contribution is 0.00251. The third kappa shape index (κ3) is 1.97. The van der Waals surface area contributed by atoms with E-state index in [0.717, 1.165) is 24.4 Å². The molecule has 0 fully saturated rings. The average molecular weight is 206 g/mol. The minimum absolute atomic E-state index is 0.0122. The number of ether oxygens (including phenoxy) is 2. The zero-order valence-corrected chi connectivity index (χ0v) is 8.77. The van der Waals surface area contributed by atoms with Crippen molar-refractivity contribution in [2.24, 2.45) is 0 Å². The van der Waals surface area contributed by atoms with Gasteiger partial charge in [0.2, 0.25) is 5.88 Å². The molecule has 1 unspecified atom stereocenters. The fourth-order valence-corrected chi connectivity index (χ4v) is 1.64. The first-order valence-electron chi connectivity index (χ1n) is 5.07. The molecule has 0 radical (unpaired) electrons. The normalized spacial score (nSPS) is 19.1. The largest absolute Gasteiger partial charge is 0.475 e. The van der Waals surface area contributed by atoms with Crippen LogP contribution in [0, 0.1) is 12.3 Å². The molecule has 15 heavy (non-hydrogen) atoms. The van der Waals surface area contributed by atoms with Crippen molar-refractivity contribution in [1.29, 1.82) is 0 Å². The van der Waals surface area contributed by atoms with Crippen LogP contribution in [0.1, 0.15) is 12.5 Å². The zero-order chi connectivity index (χ0) is 10.7.